The lowest BCUT2D eigenvalue weighted by molar-refractivity contribution is 0.408. The maximum Gasteiger partial charge on any atom is 0.227 e. The average Bonchev–Trinajstić information content (AvgIpc) is 3.65. The average molecular weight is 472 g/mol. The fraction of sp³-hybridized carbons (Fsp3) is 0.444. The Hall–Kier alpha value is -3.39. The van der Waals surface area contributed by atoms with E-state index in [4.69, 9.17) is 25.1 Å². The van der Waals surface area contributed by atoms with Gasteiger partial charge < -0.3 is 25.4 Å². The summed E-state index contributed by atoms with van der Waals surface area (Å²) in [5.74, 6) is 2.30. The Kier molecular flexibility index (Phi) is 6.12. The van der Waals surface area contributed by atoms with E-state index in [-0.39, 0.29) is 6.04 Å². The Bertz CT molecular complexity index is 1260. The zero-order chi connectivity index (χ0) is 23.6. The summed E-state index contributed by atoms with van der Waals surface area (Å²) in [6.45, 7) is 0.647. The molecule has 0 bridgehead atoms. The number of rotatable bonds is 7. The zero-order valence-corrected chi connectivity index (χ0v) is 20.0. The SMILES string of the molecule is NC1CCCC(Nc2nc(NCc3ccc(-c4ccco4)cc3)c3ncn(C4CCCC4)c3n2)C1. The molecule has 0 aliphatic heterocycles. The molecule has 1 aromatic carbocycles. The van der Waals surface area contributed by atoms with Crippen molar-refractivity contribution in [2.24, 2.45) is 5.73 Å². The number of anilines is 2. The number of nitrogens with one attached hydrogen (secondary N) is 2. The molecule has 4 aromatic rings. The fourth-order valence-corrected chi connectivity index (χ4v) is 5.51. The van der Waals surface area contributed by atoms with E-state index in [2.05, 4.69) is 39.5 Å². The van der Waals surface area contributed by atoms with Gasteiger partial charge in [-0.2, -0.15) is 9.97 Å². The monoisotopic (exact) mass is 471 g/mol. The van der Waals surface area contributed by atoms with Crippen LogP contribution in [0, 0.1) is 0 Å². The van der Waals surface area contributed by atoms with E-state index in [1.165, 1.54) is 25.7 Å². The molecule has 2 atom stereocenters. The first-order chi connectivity index (χ1) is 17.2. The molecule has 2 saturated carbocycles. The molecule has 182 valence electrons. The van der Waals surface area contributed by atoms with Gasteiger partial charge in [0.2, 0.25) is 5.95 Å². The van der Waals surface area contributed by atoms with Gasteiger partial charge in [-0.25, -0.2) is 4.98 Å². The van der Waals surface area contributed by atoms with Crippen LogP contribution in [0.3, 0.4) is 0 Å². The molecule has 3 aromatic heterocycles. The predicted octanol–water partition coefficient (Wildman–Crippen LogP) is 5.50. The number of hydrogen-bond donors (Lipinski definition) is 3. The van der Waals surface area contributed by atoms with Crippen molar-refractivity contribution in [3.8, 4) is 11.3 Å². The molecule has 6 rings (SSSR count). The van der Waals surface area contributed by atoms with E-state index in [0.717, 1.165) is 59.6 Å². The second-order valence-electron chi connectivity index (χ2n) is 9.95. The van der Waals surface area contributed by atoms with Gasteiger partial charge in [-0.1, -0.05) is 37.1 Å². The molecule has 0 saturated heterocycles. The fourth-order valence-electron chi connectivity index (χ4n) is 5.51. The maximum atomic E-state index is 6.23. The molecule has 35 heavy (non-hydrogen) atoms. The second-order valence-corrected chi connectivity index (χ2v) is 9.95. The lowest BCUT2D eigenvalue weighted by atomic mass is 9.92. The molecule has 2 aliphatic rings. The highest BCUT2D eigenvalue weighted by Crippen LogP contribution is 2.33. The number of nitrogens with zero attached hydrogens (tertiary/aromatic N) is 4. The van der Waals surface area contributed by atoms with E-state index < -0.39 is 0 Å². The minimum Gasteiger partial charge on any atom is -0.464 e. The highest BCUT2D eigenvalue weighted by Gasteiger charge is 2.24. The maximum absolute atomic E-state index is 6.23. The van der Waals surface area contributed by atoms with Gasteiger partial charge >= 0.3 is 0 Å². The van der Waals surface area contributed by atoms with Crippen LogP contribution in [-0.4, -0.2) is 31.6 Å². The molecular formula is C27H33N7O. The van der Waals surface area contributed by atoms with Crippen LogP contribution < -0.4 is 16.4 Å². The summed E-state index contributed by atoms with van der Waals surface area (Å²) in [6, 6.07) is 13.3. The lowest BCUT2D eigenvalue weighted by Crippen LogP contribution is -2.35. The summed E-state index contributed by atoms with van der Waals surface area (Å²) in [7, 11) is 0. The third-order valence-corrected chi connectivity index (χ3v) is 7.41. The highest BCUT2D eigenvalue weighted by atomic mass is 16.3. The topological polar surface area (TPSA) is 107 Å². The lowest BCUT2D eigenvalue weighted by Gasteiger charge is -2.27. The van der Waals surface area contributed by atoms with Gasteiger partial charge in [0.15, 0.2) is 17.0 Å². The van der Waals surface area contributed by atoms with E-state index in [1.807, 2.05) is 18.5 Å². The standard InChI is InChI=1S/C27H33N7O/c28-20-5-3-6-21(15-20)31-27-32-25(24-26(33-27)34(17-30-24)22-7-1-2-8-22)29-16-18-10-12-19(13-11-18)23-9-4-14-35-23/h4,9-14,17,20-22H,1-3,5-8,15-16,28H2,(H2,29,31,32,33). The summed E-state index contributed by atoms with van der Waals surface area (Å²) in [6.07, 6.45) is 12.8. The van der Waals surface area contributed by atoms with E-state index >= 15 is 0 Å². The van der Waals surface area contributed by atoms with Crippen LogP contribution in [0.5, 0.6) is 0 Å². The number of furan rings is 1. The molecular weight excluding hydrogens is 438 g/mol. The van der Waals surface area contributed by atoms with Crippen LogP contribution in [0.1, 0.15) is 63.0 Å². The van der Waals surface area contributed by atoms with Gasteiger partial charge in [0.1, 0.15) is 5.76 Å². The van der Waals surface area contributed by atoms with Crippen LogP contribution in [0.15, 0.2) is 53.4 Å². The smallest absolute Gasteiger partial charge is 0.227 e. The first-order valence-electron chi connectivity index (χ1n) is 12.9. The molecule has 8 heteroatoms. The van der Waals surface area contributed by atoms with Gasteiger partial charge in [0.05, 0.1) is 12.6 Å². The molecule has 0 spiro atoms. The summed E-state index contributed by atoms with van der Waals surface area (Å²) in [4.78, 5) is 14.5. The van der Waals surface area contributed by atoms with Crippen LogP contribution in [0.25, 0.3) is 22.5 Å². The van der Waals surface area contributed by atoms with Crippen LogP contribution in [-0.2, 0) is 6.54 Å². The van der Waals surface area contributed by atoms with Crippen LogP contribution in [0.4, 0.5) is 11.8 Å². The number of aromatic nitrogens is 4. The summed E-state index contributed by atoms with van der Waals surface area (Å²) in [5, 5.41) is 7.11. The summed E-state index contributed by atoms with van der Waals surface area (Å²) < 4.78 is 7.76. The van der Waals surface area contributed by atoms with Crippen molar-refractivity contribution in [1.29, 1.82) is 0 Å². The first-order valence-corrected chi connectivity index (χ1v) is 12.9. The normalized spacial score (nSPS) is 20.9. The Labute approximate surface area is 205 Å². The Morgan fingerprint density at radius 2 is 1.86 bits per heavy atom. The van der Waals surface area contributed by atoms with Crippen molar-refractivity contribution in [2.75, 3.05) is 10.6 Å². The summed E-state index contributed by atoms with van der Waals surface area (Å²) in [5.41, 5.74) is 10.2. The number of benzene rings is 1. The number of fused-ring (bicyclic) bond motifs is 1. The zero-order valence-electron chi connectivity index (χ0n) is 20.0. The third-order valence-electron chi connectivity index (χ3n) is 7.41. The van der Waals surface area contributed by atoms with Crippen molar-refractivity contribution < 1.29 is 4.42 Å². The molecule has 8 nitrogen and oxygen atoms in total. The van der Waals surface area contributed by atoms with Crippen molar-refractivity contribution in [2.45, 2.75) is 76.0 Å². The molecule has 2 aliphatic carbocycles. The Balaban J connectivity index is 1.26. The van der Waals surface area contributed by atoms with Crippen LogP contribution >= 0.6 is 0 Å². The van der Waals surface area contributed by atoms with Crippen LogP contribution in [0.2, 0.25) is 0 Å². The third kappa shape index (κ3) is 4.75. The number of nitrogens with two attached hydrogens (primary N) is 1. The van der Waals surface area contributed by atoms with Gasteiger partial charge in [0.25, 0.3) is 0 Å². The first kappa shape index (κ1) is 22.1. The van der Waals surface area contributed by atoms with Gasteiger partial charge in [-0.05, 0) is 56.2 Å². The minimum atomic E-state index is 0.246. The number of imidazole rings is 1. The molecule has 0 amide bonds. The van der Waals surface area contributed by atoms with E-state index in [1.54, 1.807) is 6.26 Å². The van der Waals surface area contributed by atoms with E-state index in [0.29, 0.717) is 24.6 Å². The molecule has 2 unspecified atom stereocenters. The molecule has 2 fully saturated rings. The van der Waals surface area contributed by atoms with Crippen molar-refractivity contribution in [3.63, 3.8) is 0 Å². The summed E-state index contributed by atoms with van der Waals surface area (Å²) >= 11 is 0. The predicted molar refractivity (Wildman–Crippen MR) is 138 cm³/mol. The quantitative estimate of drug-likeness (QED) is 0.327. The highest BCUT2D eigenvalue weighted by molar-refractivity contribution is 5.84. The minimum absolute atomic E-state index is 0.246. The largest absolute Gasteiger partial charge is 0.464 e. The van der Waals surface area contributed by atoms with Gasteiger partial charge in [-0.15, -0.1) is 0 Å². The van der Waals surface area contributed by atoms with Crippen molar-refractivity contribution in [3.05, 3.63) is 54.6 Å². The Morgan fingerprint density at radius 1 is 1.00 bits per heavy atom. The van der Waals surface area contributed by atoms with Gasteiger partial charge in [0, 0.05) is 30.2 Å². The second kappa shape index (κ2) is 9.70. The van der Waals surface area contributed by atoms with Crippen molar-refractivity contribution in [1.82, 2.24) is 19.5 Å². The molecule has 3 heterocycles. The van der Waals surface area contributed by atoms with Gasteiger partial charge in [-0.3, -0.25) is 0 Å². The Morgan fingerprint density at radius 3 is 2.63 bits per heavy atom. The number of hydrogen-bond acceptors (Lipinski definition) is 7. The van der Waals surface area contributed by atoms with Crippen molar-refractivity contribution >= 4 is 22.9 Å². The molecule has 4 N–H and O–H groups in total. The van der Waals surface area contributed by atoms with E-state index in [9.17, 15) is 0 Å². The molecule has 0 radical (unpaired) electrons.